The van der Waals surface area contributed by atoms with E-state index in [4.69, 9.17) is 0 Å². The van der Waals surface area contributed by atoms with E-state index in [-0.39, 0.29) is 0 Å². The Kier molecular flexibility index (Phi) is 2.53. The summed E-state index contributed by atoms with van der Waals surface area (Å²) in [6, 6.07) is 29.6. The highest BCUT2D eigenvalue weighted by atomic mass is 14.2. The van der Waals surface area contributed by atoms with Crippen LogP contribution < -0.4 is 0 Å². The van der Waals surface area contributed by atoms with Gasteiger partial charge in [0.1, 0.15) is 0 Å². The smallest absolute Gasteiger partial charge is 0.00264 e. The average Bonchev–Trinajstić information content (AvgIpc) is 3.24. The fourth-order valence-corrected chi connectivity index (χ4v) is 2.73. The maximum atomic E-state index is 2.18. The van der Waals surface area contributed by atoms with Crippen molar-refractivity contribution >= 4 is 21.5 Å². The highest BCUT2D eigenvalue weighted by molar-refractivity contribution is 6.19. The Morgan fingerprint density at radius 2 is 0.750 bits per heavy atom. The van der Waals surface area contributed by atoms with Crippen LogP contribution in [-0.2, 0) is 0 Å². The zero-order valence-electron chi connectivity index (χ0n) is 11.1. The minimum absolute atomic E-state index is 1.31. The predicted molar refractivity (Wildman–Crippen MR) is 86.9 cm³/mol. The summed E-state index contributed by atoms with van der Waals surface area (Å²) in [5, 5.41) is 5.48. The Balaban J connectivity index is 0.000000106. The maximum Gasteiger partial charge on any atom is -0.00264 e. The number of rotatable bonds is 0. The third kappa shape index (κ3) is 1.86. The van der Waals surface area contributed by atoms with Gasteiger partial charge in [-0.1, -0.05) is 84.9 Å². The van der Waals surface area contributed by atoms with Crippen LogP contribution in [0.15, 0.2) is 84.9 Å². The van der Waals surface area contributed by atoms with Crippen LogP contribution in [0.3, 0.4) is 0 Å². The van der Waals surface area contributed by atoms with Crippen LogP contribution in [0.25, 0.3) is 32.7 Å². The van der Waals surface area contributed by atoms with E-state index in [0.29, 0.717) is 0 Å². The first-order valence-corrected chi connectivity index (χ1v) is 6.89. The molecule has 0 fully saturated rings. The first kappa shape index (κ1) is 11.2. The zero-order chi connectivity index (χ0) is 13.4. The molecule has 1 aliphatic rings. The van der Waals surface area contributed by atoms with Gasteiger partial charge in [-0.05, 0) is 32.7 Å². The van der Waals surface area contributed by atoms with Gasteiger partial charge < -0.3 is 0 Å². The van der Waals surface area contributed by atoms with E-state index in [2.05, 4.69) is 84.9 Å². The molecule has 0 aliphatic heterocycles. The molecule has 0 unspecified atom stereocenters. The van der Waals surface area contributed by atoms with Crippen LogP contribution in [-0.4, -0.2) is 0 Å². The van der Waals surface area contributed by atoms with Crippen molar-refractivity contribution in [3.05, 3.63) is 84.9 Å². The topological polar surface area (TPSA) is 0 Å². The molecule has 4 aromatic carbocycles. The Morgan fingerprint density at radius 1 is 0.350 bits per heavy atom. The van der Waals surface area contributed by atoms with Crippen LogP contribution in [0.1, 0.15) is 0 Å². The molecule has 0 saturated heterocycles. The summed E-state index contributed by atoms with van der Waals surface area (Å²) in [4.78, 5) is 0. The SMILES string of the molecule is c1cc2c3c-2cccc3c1.c1ccc2ccccc2c1. The van der Waals surface area contributed by atoms with Crippen molar-refractivity contribution < 1.29 is 0 Å². The lowest BCUT2D eigenvalue weighted by Gasteiger charge is -1.92. The van der Waals surface area contributed by atoms with E-state index in [1.807, 2.05) is 0 Å². The zero-order valence-corrected chi connectivity index (χ0v) is 11.1. The Morgan fingerprint density at radius 3 is 1.15 bits per heavy atom. The fraction of sp³-hybridized carbons (Fsp3) is 0. The standard InChI is InChI=1S/C10H6.C10H8/c1-3-7-4-2-6-9-8(5-1)10(7)9;1-2-6-10-8-4-3-7-9(10)5-1/h1-6H;1-8H. The monoisotopic (exact) mass is 254 g/mol. The van der Waals surface area contributed by atoms with E-state index >= 15 is 0 Å². The van der Waals surface area contributed by atoms with Gasteiger partial charge >= 0.3 is 0 Å². The second-order valence-corrected chi connectivity index (χ2v) is 5.06. The molecule has 0 atom stereocenters. The van der Waals surface area contributed by atoms with Crippen molar-refractivity contribution in [3.8, 4) is 11.1 Å². The molecule has 20 heavy (non-hydrogen) atoms. The van der Waals surface area contributed by atoms with Gasteiger partial charge in [-0.25, -0.2) is 0 Å². The molecule has 0 bridgehead atoms. The van der Waals surface area contributed by atoms with Gasteiger partial charge in [0.15, 0.2) is 0 Å². The van der Waals surface area contributed by atoms with Crippen molar-refractivity contribution in [1.29, 1.82) is 0 Å². The summed E-state index contributed by atoms with van der Waals surface area (Å²) in [7, 11) is 0. The molecule has 94 valence electrons. The minimum Gasteiger partial charge on any atom is -0.0616 e. The van der Waals surface area contributed by atoms with Gasteiger partial charge in [-0.3, -0.25) is 0 Å². The number of hydrogen-bond donors (Lipinski definition) is 0. The van der Waals surface area contributed by atoms with E-state index in [1.54, 1.807) is 0 Å². The number of hydrogen-bond acceptors (Lipinski definition) is 0. The van der Waals surface area contributed by atoms with Crippen molar-refractivity contribution in [2.45, 2.75) is 0 Å². The van der Waals surface area contributed by atoms with Crippen molar-refractivity contribution in [2.75, 3.05) is 0 Å². The Bertz CT molecular complexity index is 780. The van der Waals surface area contributed by atoms with Crippen molar-refractivity contribution in [3.63, 3.8) is 0 Å². The molecule has 1 aliphatic carbocycles. The molecular weight excluding hydrogens is 240 g/mol. The summed E-state index contributed by atoms with van der Waals surface area (Å²) < 4.78 is 0. The molecule has 0 spiro atoms. The lowest BCUT2D eigenvalue weighted by Crippen LogP contribution is -1.67. The summed E-state index contributed by atoms with van der Waals surface area (Å²) in [6.07, 6.45) is 0. The second kappa shape index (κ2) is 4.50. The fourth-order valence-electron chi connectivity index (χ4n) is 2.73. The quantitative estimate of drug-likeness (QED) is 0.334. The number of fused-ring (bicyclic) bond motifs is 2. The molecule has 0 amide bonds. The third-order valence-corrected chi connectivity index (χ3v) is 3.79. The Hall–Kier alpha value is -2.60. The summed E-state index contributed by atoms with van der Waals surface area (Å²) >= 11 is 0. The maximum absolute atomic E-state index is 2.18. The van der Waals surface area contributed by atoms with E-state index < -0.39 is 0 Å². The molecule has 0 aromatic heterocycles. The molecular formula is C20H14. The molecule has 0 heteroatoms. The van der Waals surface area contributed by atoms with E-state index in [1.165, 1.54) is 32.7 Å². The second-order valence-electron chi connectivity index (χ2n) is 5.06. The van der Waals surface area contributed by atoms with E-state index in [9.17, 15) is 0 Å². The molecule has 4 aromatic rings. The molecule has 0 nitrogen and oxygen atoms in total. The van der Waals surface area contributed by atoms with Gasteiger partial charge in [0, 0.05) is 0 Å². The first-order chi connectivity index (χ1) is 9.93. The van der Waals surface area contributed by atoms with E-state index in [0.717, 1.165) is 0 Å². The van der Waals surface area contributed by atoms with Crippen LogP contribution in [0.4, 0.5) is 0 Å². The molecule has 0 radical (unpaired) electrons. The first-order valence-electron chi connectivity index (χ1n) is 6.89. The molecule has 0 N–H and O–H groups in total. The normalized spacial score (nSPS) is 11.0. The van der Waals surface area contributed by atoms with Gasteiger partial charge in [0.2, 0.25) is 0 Å². The van der Waals surface area contributed by atoms with Gasteiger partial charge in [0.25, 0.3) is 0 Å². The minimum atomic E-state index is 1.31. The highest BCUT2D eigenvalue weighted by Crippen LogP contribution is 2.46. The average molecular weight is 254 g/mol. The molecule has 0 saturated carbocycles. The van der Waals surface area contributed by atoms with Gasteiger partial charge in [-0.15, -0.1) is 0 Å². The lowest BCUT2D eigenvalue weighted by atomic mass is 10.1. The Labute approximate surface area is 118 Å². The highest BCUT2D eigenvalue weighted by Gasteiger charge is 2.18. The van der Waals surface area contributed by atoms with Crippen molar-refractivity contribution in [2.24, 2.45) is 0 Å². The number of benzene rings is 4. The van der Waals surface area contributed by atoms with Crippen LogP contribution in [0, 0.1) is 0 Å². The van der Waals surface area contributed by atoms with Crippen LogP contribution >= 0.6 is 0 Å². The summed E-state index contributed by atoms with van der Waals surface area (Å²) in [5.41, 5.74) is 2.89. The summed E-state index contributed by atoms with van der Waals surface area (Å²) in [6.45, 7) is 0. The third-order valence-electron chi connectivity index (χ3n) is 3.79. The largest absolute Gasteiger partial charge is 0.0616 e. The summed E-state index contributed by atoms with van der Waals surface area (Å²) in [5.74, 6) is 0. The molecule has 5 rings (SSSR count). The molecule has 0 heterocycles. The van der Waals surface area contributed by atoms with Gasteiger partial charge in [0.05, 0.1) is 0 Å². The van der Waals surface area contributed by atoms with Crippen molar-refractivity contribution in [1.82, 2.24) is 0 Å². The van der Waals surface area contributed by atoms with Crippen LogP contribution in [0.2, 0.25) is 0 Å². The predicted octanol–water partition coefficient (Wildman–Crippen LogP) is 5.66. The van der Waals surface area contributed by atoms with Gasteiger partial charge in [-0.2, -0.15) is 0 Å². The lowest BCUT2D eigenvalue weighted by molar-refractivity contribution is 1.75. The van der Waals surface area contributed by atoms with Crippen LogP contribution in [0.5, 0.6) is 0 Å².